The van der Waals surface area contributed by atoms with E-state index in [0.29, 0.717) is 10.3 Å². The number of hydrogen-bond acceptors (Lipinski definition) is 6. The van der Waals surface area contributed by atoms with Gasteiger partial charge >= 0.3 is 10.9 Å². The van der Waals surface area contributed by atoms with Crippen molar-refractivity contribution in [1.29, 1.82) is 0 Å². The summed E-state index contributed by atoms with van der Waals surface area (Å²) in [6.07, 6.45) is 0. The van der Waals surface area contributed by atoms with E-state index in [2.05, 4.69) is 4.72 Å². The van der Waals surface area contributed by atoms with Crippen LogP contribution in [0.3, 0.4) is 0 Å². The molecule has 1 heterocycles. The molecule has 118 valence electrons. The molecule has 2 aromatic carbocycles. The third kappa shape index (κ3) is 3.10. The summed E-state index contributed by atoms with van der Waals surface area (Å²) in [6.45, 7) is 0. The average molecular weight is 351 g/mol. The number of sulfonamides is 1. The zero-order chi connectivity index (χ0) is 16.6. The molecular weight excluding hydrogens is 342 g/mol. The lowest BCUT2D eigenvalue weighted by atomic mass is 10.2. The fourth-order valence-corrected chi connectivity index (χ4v) is 3.68. The minimum Gasteiger partial charge on any atom is -0.478 e. The third-order valence-corrected chi connectivity index (χ3v) is 5.18. The molecule has 0 spiro atoms. The van der Waals surface area contributed by atoms with Crippen LogP contribution in [0.1, 0.15) is 10.4 Å². The van der Waals surface area contributed by atoms with Crippen molar-refractivity contribution < 1.29 is 22.7 Å². The molecule has 9 heteroatoms. The Morgan fingerprint density at radius 2 is 1.83 bits per heavy atom. The van der Waals surface area contributed by atoms with Gasteiger partial charge in [-0.3, -0.25) is 4.72 Å². The first-order chi connectivity index (χ1) is 10.8. The number of rotatable bonds is 4. The second kappa shape index (κ2) is 5.52. The quantitative estimate of drug-likeness (QED) is 0.746. The van der Waals surface area contributed by atoms with Gasteiger partial charge in [-0.1, -0.05) is 11.3 Å². The van der Waals surface area contributed by atoms with Crippen molar-refractivity contribution in [3.8, 4) is 0 Å². The van der Waals surface area contributed by atoms with E-state index in [1.54, 1.807) is 0 Å². The number of anilines is 1. The minimum atomic E-state index is -3.86. The molecule has 2 N–H and O–H groups in total. The van der Waals surface area contributed by atoms with Crippen molar-refractivity contribution >= 4 is 43.3 Å². The Morgan fingerprint density at radius 1 is 1.13 bits per heavy atom. The molecule has 0 fully saturated rings. The van der Waals surface area contributed by atoms with E-state index in [1.165, 1.54) is 42.5 Å². The van der Waals surface area contributed by atoms with Crippen molar-refractivity contribution in [3.63, 3.8) is 0 Å². The zero-order valence-electron chi connectivity index (χ0n) is 11.3. The highest BCUT2D eigenvalue weighted by Crippen LogP contribution is 2.23. The Kier molecular flexibility index (Phi) is 3.66. The monoisotopic (exact) mass is 351 g/mol. The molecule has 0 atom stereocenters. The van der Waals surface area contributed by atoms with E-state index in [-0.39, 0.29) is 16.1 Å². The van der Waals surface area contributed by atoms with E-state index in [9.17, 15) is 18.0 Å². The number of carboxylic acids is 1. The maximum Gasteiger partial charge on any atom is 0.396 e. The van der Waals surface area contributed by atoms with Gasteiger partial charge in [-0.15, -0.1) is 0 Å². The lowest BCUT2D eigenvalue weighted by molar-refractivity contribution is 0.0696. The molecule has 0 amide bonds. The first kappa shape index (κ1) is 15.3. The molecule has 0 saturated heterocycles. The Bertz CT molecular complexity index is 1050. The summed E-state index contributed by atoms with van der Waals surface area (Å²) in [6, 6.07) is 9.30. The number of fused-ring (bicyclic) bond motifs is 1. The number of carboxylic acid groups (broad SMARTS) is 1. The van der Waals surface area contributed by atoms with Crippen LogP contribution < -0.4 is 9.66 Å². The second-order valence-electron chi connectivity index (χ2n) is 4.55. The summed E-state index contributed by atoms with van der Waals surface area (Å²) in [7, 11) is -3.86. The van der Waals surface area contributed by atoms with Crippen LogP contribution in [0.5, 0.6) is 0 Å². The van der Waals surface area contributed by atoms with Gasteiger partial charge in [0.2, 0.25) is 0 Å². The van der Waals surface area contributed by atoms with Crippen molar-refractivity contribution in [2.75, 3.05) is 4.72 Å². The summed E-state index contributed by atoms with van der Waals surface area (Å²) < 4.78 is 32.4. The van der Waals surface area contributed by atoms with Crippen molar-refractivity contribution in [1.82, 2.24) is 0 Å². The predicted octanol–water partition coefficient (Wildman–Crippen LogP) is 2.35. The van der Waals surface area contributed by atoms with Gasteiger partial charge in [0.05, 0.1) is 20.8 Å². The van der Waals surface area contributed by atoms with Crippen molar-refractivity contribution in [2.45, 2.75) is 4.90 Å². The topological polar surface area (TPSA) is 114 Å². The zero-order valence-corrected chi connectivity index (χ0v) is 13.0. The van der Waals surface area contributed by atoms with Crippen LogP contribution in [-0.4, -0.2) is 19.5 Å². The maximum atomic E-state index is 12.3. The van der Waals surface area contributed by atoms with E-state index >= 15 is 0 Å². The van der Waals surface area contributed by atoms with Crippen molar-refractivity contribution in [2.24, 2.45) is 0 Å². The van der Waals surface area contributed by atoms with Gasteiger partial charge in [0.1, 0.15) is 5.58 Å². The first-order valence-electron chi connectivity index (χ1n) is 6.25. The molecule has 3 aromatic rings. The maximum absolute atomic E-state index is 12.3. The molecule has 0 aliphatic carbocycles. The molecule has 0 aliphatic rings. The molecule has 0 unspecified atom stereocenters. The molecule has 0 bridgehead atoms. The summed E-state index contributed by atoms with van der Waals surface area (Å²) in [5.41, 5.74) is 0.652. The molecule has 3 rings (SSSR count). The van der Waals surface area contributed by atoms with E-state index in [4.69, 9.17) is 9.52 Å². The molecule has 0 saturated carbocycles. The van der Waals surface area contributed by atoms with Crippen LogP contribution >= 0.6 is 11.3 Å². The highest BCUT2D eigenvalue weighted by molar-refractivity contribution is 7.92. The van der Waals surface area contributed by atoms with Crippen LogP contribution in [-0.2, 0) is 10.0 Å². The Morgan fingerprint density at radius 3 is 2.48 bits per heavy atom. The first-order valence-corrected chi connectivity index (χ1v) is 8.55. The van der Waals surface area contributed by atoms with Gasteiger partial charge in [-0.2, -0.15) is 0 Å². The fourth-order valence-electron chi connectivity index (χ4n) is 1.93. The number of aromatic carboxylic acids is 1. The lowest BCUT2D eigenvalue weighted by Crippen LogP contribution is -2.13. The summed E-state index contributed by atoms with van der Waals surface area (Å²) in [5, 5.41) is 8.82. The van der Waals surface area contributed by atoms with Crippen LogP contribution in [0.25, 0.3) is 10.3 Å². The van der Waals surface area contributed by atoms with Gasteiger partial charge in [0.15, 0.2) is 0 Å². The van der Waals surface area contributed by atoms with Crippen LogP contribution in [0.2, 0.25) is 0 Å². The number of carbonyl (C=O) groups is 1. The van der Waals surface area contributed by atoms with Gasteiger partial charge < -0.3 is 9.52 Å². The fraction of sp³-hybridized carbons (Fsp3) is 0. The average Bonchev–Trinajstić information content (AvgIpc) is 2.86. The van der Waals surface area contributed by atoms with E-state index < -0.39 is 20.9 Å². The molecule has 7 nitrogen and oxygen atoms in total. The summed E-state index contributed by atoms with van der Waals surface area (Å²) >= 11 is 0.871. The van der Waals surface area contributed by atoms with Crippen LogP contribution in [0.15, 0.2) is 56.6 Å². The second-order valence-corrected chi connectivity index (χ2v) is 7.21. The molecule has 23 heavy (non-hydrogen) atoms. The minimum absolute atomic E-state index is 0.00598. The standard InChI is InChI=1S/C14H9NO6S2/c16-13(17)8-1-4-10(5-2-8)23(19,20)15-9-3-6-11-12(7-9)22-14(18)21-11/h1-7,15H,(H,16,17). The van der Waals surface area contributed by atoms with Crippen LogP contribution in [0.4, 0.5) is 5.69 Å². The highest BCUT2D eigenvalue weighted by Gasteiger charge is 2.15. The van der Waals surface area contributed by atoms with Gasteiger partial charge in [0.25, 0.3) is 10.0 Å². The third-order valence-electron chi connectivity index (χ3n) is 2.99. The highest BCUT2D eigenvalue weighted by atomic mass is 32.2. The van der Waals surface area contributed by atoms with Gasteiger partial charge in [-0.05, 0) is 42.5 Å². The molecule has 0 radical (unpaired) electrons. The summed E-state index contributed by atoms with van der Waals surface area (Å²) in [4.78, 5) is 21.4. The van der Waals surface area contributed by atoms with Crippen molar-refractivity contribution in [3.05, 3.63) is 57.8 Å². The van der Waals surface area contributed by atoms with Gasteiger partial charge in [0, 0.05) is 0 Å². The van der Waals surface area contributed by atoms with Gasteiger partial charge in [-0.25, -0.2) is 18.0 Å². The molecule has 1 aromatic heterocycles. The number of hydrogen-bond donors (Lipinski definition) is 2. The Hall–Kier alpha value is -2.65. The SMILES string of the molecule is O=C(O)c1ccc(S(=O)(=O)Nc2ccc3oc(=O)sc3c2)cc1. The Labute approximate surface area is 133 Å². The Balaban J connectivity index is 1.92. The van der Waals surface area contributed by atoms with E-state index in [0.717, 1.165) is 11.3 Å². The largest absolute Gasteiger partial charge is 0.478 e. The van der Waals surface area contributed by atoms with Crippen LogP contribution in [0, 0.1) is 0 Å². The molecular formula is C14H9NO6S2. The summed E-state index contributed by atoms with van der Waals surface area (Å²) in [5.74, 6) is -1.14. The number of nitrogens with one attached hydrogen (secondary N) is 1. The molecule has 0 aliphatic heterocycles. The smallest absolute Gasteiger partial charge is 0.396 e. The normalized spacial score (nSPS) is 11.5. The van der Waals surface area contributed by atoms with E-state index in [1.807, 2.05) is 0 Å². The lowest BCUT2D eigenvalue weighted by Gasteiger charge is -2.08. The number of benzene rings is 2. The predicted molar refractivity (Wildman–Crippen MR) is 84.6 cm³/mol.